The number of hydrogen-bond donors (Lipinski definition) is 3. The van der Waals surface area contributed by atoms with Crippen molar-refractivity contribution in [2.45, 2.75) is 17.8 Å². The van der Waals surface area contributed by atoms with Crippen LogP contribution in [-0.4, -0.2) is 33.6 Å². The van der Waals surface area contributed by atoms with Gasteiger partial charge >= 0.3 is 11.9 Å². The van der Waals surface area contributed by atoms with Crippen molar-refractivity contribution in [3.05, 3.63) is 0 Å². The van der Waals surface area contributed by atoms with Crippen LogP contribution < -0.4 is 5.73 Å². The first-order valence-electron chi connectivity index (χ1n) is 2.80. The molecule has 4 N–H and O–H groups in total. The minimum Gasteiger partial charge on any atom is -0.480 e. The molecule has 0 bridgehead atoms. The molecular formula is C5H8ClNO4. The van der Waals surface area contributed by atoms with E-state index in [1.54, 1.807) is 0 Å². The molecule has 0 aromatic carbocycles. The largest absolute Gasteiger partial charge is 0.480 e. The summed E-state index contributed by atoms with van der Waals surface area (Å²) in [6, 6.07) is -1.21. The first-order valence-corrected chi connectivity index (χ1v) is 3.24. The Balaban J connectivity index is 3.84. The number of halogens is 1. The summed E-state index contributed by atoms with van der Waals surface area (Å²) >= 11 is 5.21. The third-order valence-electron chi connectivity index (χ3n) is 1.05. The van der Waals surface area contributed by atoms with Gasteiger partial charge in [-0.3, -0.25) is 9.59 Å². The minimum absolute atomic E-state index is 0.272. The van der Waals surface area contributed by atoms with Gasteiger partial charge in [-0.25, -0.2) is 0 Å². The van der Waals surface area contributed by atoms with Gasteiger partial charge in [0.05, 0.1) is 0 Å². The highest BCUT2D eigenvalue weighted by atomic mass is 35.5. The summed E-state index contributed by atoms with van der Waals surface area (Å²) in [6.07, 6.45) is -0.272. The second kappa shape index (κ2) is 4.15. The van der Waals surface area contributed by atoms with E-state index < -0.39 is 23.4 Å². The highest BCUT2D eigenvalue weighted by Crippen LogP contribution is 2.04. The predicted molar refractivity (Wildman–Crippen MR) is 37.5 cm³/mol. The summed E-state index contributed by atoms with van der Waals surface area (Å²) < 4.78 is 0. The zero-order valence-electron chi connectivity index (χ0n) is 5.53. The predicted octanol–water partition coefficient (Wildman–Crippen LogP) is -0.520. The van der Waals surface area contributed by atoms with Gasteiger partial charge in [0, 0.05) is 6.42 Å². The molecule has 0 aromatic rings. The lowest BCUT2D eigenvalue weighted by Gasteiger charge is -2.07. The van der Waals surface area contributed by atoms with Gasteiger partial charge in [0.15, 0.2) is 0 Å². The number of nitrogens with two attached hydrogens (primary N) is 1. The molecule has 0 spiro atoms. The summed E-state index contributed by atoms with van der Waals surface area (Å²) in [6.45, 7) is 0. The van der Waals surface area contributed by atoms with E-state index in [1.165, 1.54) is 0 Å². The number of carboxylic acid groups (broad SMARTS) is 2. The van der Waals surface area contributed by atoms with Crippen LogP contribution in [0.4, 0.5) is 0 Å². The van der Waals surface area contributed by atoms with Crippen LogP contribution in [0.5, 0.6) is 0 Å². The first-order chi connectivity index (χ1) is 4.95. The Hall–Kier alpha value is -0.810. The Morgan fingerprint density at radius 1 is 1.36 bits per heavy atom. The SMILES string of the molecule is N[C@@H](CC(Cl)C(=O)O)C(=O)O. The molecule has 0 amide bonds. The van der Waals surface area contributed by atoms with Crippen molar-refractivity contribution >= 4 is 23.5 Å². The summed E-state index contributed by atoms with van der Waals surface area (Å²) in [5, 5.41) is 15.2. The topological polar surface area (TPSA) is 101 Å². The molecule has 2 atom stereocenters. The summed E-state index contributed by atoms with van der Waals surface area (Å²) in [7, 11) is 0. The minimum atomic E-state index is -1.26. The monoisotopic (exact) mass is 181 g/mol. The molecule has 0 radical (unpaired) electrons. The fraction of sp³-hybridized carbons (Fsp3) is 0.600. The molecule has 0 fully saturated rings. The Bertz CT molecular complexity index is 154. The van der Waals surface area contributed by atoms with Gasteiger partial charge in [0.2, 0.25) is 0 Å². The zero-order chi connectivity index (χ0) is 9.02. The van der Waals surface area contributed by atoms with Gasteiger partial charge in [-0.1, -0.05) is 0 Å². The van der Waals surface area contributed by atoms with Gasteiger partial charge in [-0.15, -0.1) is 11.6 Å². The van der Waals surface area contributed by atoms with Crippen LogP contribution in [0, 0.1) is 0 Å². The summed E-state index contributed by atoms with van der Waals surface area (Å²) in [5.74, 6) is -2.51. The van der Waals surface area contributed by atoms with Crippen LogP contribution in [0.2, 0.25) is 0 Å². The van der Waals surface area contributed by atoms with E-state index in [4.69, 9.17) is 27.5 Å². The highest BCUT2D eigenvalue weighted by molar-refractivity contribution is 6.29. The van der Waals surface area contributed by atoms with Crippen LogP contribution in [0.1, 0.15) is 6.42 Å². The van der Waals surface area contributed by atoms with Crippen molar-refractivity contribution in [2.75, 3.05) is 0 Å². The number of aliphatic carboxylic acids is 2. The Morgan fingerprint density at radius 3 is 2.09 bits per heavy atom. The second-order valence-electron chi connectivity index (χ2n) is 1.99. The maximum absolute atomic E-state index is 10.1. The molecule has 0 saturated heterocycles. The lowest BCUT2D eigenvalue weighted by Crippen LogP contribution is -2.34. The Morgan fingerprint density at radius 2 is 1.82 bits per heavy atom. The fourth-order valence-electron chi connectivity index (χ4n) is 0.425. The number of carbonyl (C=O) groups is 2. The van der Waals surface area contributed by atoms with Crippen molar-refractivity contribution in [1.82, 2.24) is 0 Å². The van der Waals surface area contributed by atoms with E-state index in [9.17, 15) is 9.59 Å². The third-order valence-corrected chi connectivity index (χ3v) is 1.41. The van der Waals surface area contributed by atoms with Crippen molar-refractivity contribution in [3.63, 3.8) is 0 Å². The lowest BCUT2D eigenvalue weighted by molar-refractivity contribution is -0.139. The summed E-state index contributed by atoms with van der Waals surface area (Å²) in [5.41, 5.74) is 5.01. The molecule has 0 rings (SSSR count). The van der Waals surface area contributed by atoms with Gasteiger partial charge in [0.25, 0.3) is 0 Å². The molecule has 5 nitrogen and oxygen atoms in total. The van der Waals surface area contributed by atoms with Crippen LogP contribution in [0.25, 0.3) is 0 Å². The normalized spacial score (nSPS) is 15.5. The van der Waals surface area contributed by atoms with E-state index in [0.29, 0.717) is 0 Å². The molecule has 0 aliphatic heterocycles. The van der Waals surface area contributed by atoms with Crippen LogP contribution >= 0.6 is 11.6 Å². The van der Waals surface area contributed by atoms with E-state index in [-0.39, 0.29) is 6.42 Å². The van der Waals surface area contributed by atoms with E-state index in [2.05, 4.69) is 0 Å². The fourth-order valence-corrected chi connectivity index (χ4v) is 0.617. The molecule has 6 heteroatoms. The standard InChI is InChI=1S/C5H8ClNO4/c6-2(4(8)9)1-3(7)5(10)11/h2-3H,1,7H2,(H,8,9)(H,10,11)/t2?,3-/m0/s1. The number of rotatable bonds is 4. The smallest absolute Gasteiger partial charge is 0.321 e. The second-order valence-corrected chi connectivity index (χ2v) is 2.51. The Kier molecular flexibility index (Phi) is 3.84. The van der Waals surface area contributed by atoms with Crippen molar-refractivity contribution in [1.29, 1.82) is 0 Å². The van der Waals surface area contributed by atoms with E-state index in [1.807, 2.05) is 0 Å². The van der Waals surface area contributed by atoms with Crippen molar-refractivity contribution < 1.29 is 19.8 Å². The van der Waals surface area contributed by atoms with Gasteiger partial charge in [-0.2, -0.15) is 0 Å². The highest BCUT2D eigenvalue weighted by Gasteiger charge is 2.21. The maximum Gasteiger partial charge on any atom is 0.321 e. The van der Waals surface area contributed by atoms with Crippen LogP contribution in [0.3, 0.4) is 0 Å². The molecule has 0 aromatic heterocycles. The van der Waals surface area contributed by atoms with Gasteiger partial charge < -0.3 is 15.9 Å². The number of hydrogen-bond acceptors (Lipinski definition) is 3. The van der Waals surface area contributed by atoms with Crippen molar-refractivity contribution in [2.24, 2.45) is 5.73 Å². The average Bonchev–Trinajstić information content (AvgIpc) is 1.87. The van der Waals surface area contributed by atoms with Crippen molar-refractivity contribution in [3.8, 4) is 0 Å². The van der Waals surface area contributed by atoms with E-state index in [0.717, 1.165) is 0 Å². The number of alkyl halides is 1. The maximum atomic E-state index is 10.1. The zero-order valence-corrected chi connectivity index (χ0v) is 6.28. The molecular weight excluding hydrogens is 174 g/mol. The third kappa shape index (κ3) is 3.79. The van der Waals surface area contributed by atoms with Gasteiger partial charge in [0.1, 0.15) is 11.4 Å². The molecule has 0 aliphatic rings. The lowest BCUT2D eigenvalue weighted by atomic mass is 10.2. The van der Waals surface area contributed by atoms with Gasteiger partial charge in [-0.05, 0) is 0 Å². The molecule has 0 aliphatic carbocycles. The first kappa shape index (κ1) is 10.2. The molecule has 0 saturated carbocycles. The molecule has 11 heavy (non-hydrogen) atoms. The molecule has 1 unspecified atom stereocenters. The quantitative estimate of drug-likeness (QED) is 0.507. The van der Waals surface area contributed by atoms with E-state index >= 15 is 0 Å². The number of carboxylic acids is 2. The Labute approximate surface area is 67.8 Å². The van der Waals surface area contributed by atoms with Crippen LogP contribution in [-0.2, 0) is 9.59 Å². The summed E-state index contributed by atoms with van der Waals surface area (Å²) in [4.78, 5) is 20.2. The molecule has 0 heterocycles. The average molecular weight is 182 g/mol. The van der Waals surface area contributed by atoms with Crippen LogP contribution in [0.15, 0.2) is 0 Å². The molecule has 64 valence electrons.